The zero-order valence-electron chi connectivity index (χ0n) is 12.4. The SMILES string of the molecule is Cc1noc(-c2cnc3[nH]ccc3c2N[C@@H]2CCCNC2)n1. The fourth-order valence-corrected chi connectivity index (χ4v) is 2.91. The van der Waals surface area contributed by atoms with Gasteiger partial charge in [0.25, 0.3) is 5.89 Å². The van der Waals surface area contributed by atoms with Crippen LogP contribution in [0.25, 0.3) is 22.5 Å². The molecule has 0 amide bonds. The molecule has 1 saturated heterocycles. The number of nitrogens with one attached hydrogen (secondary N) is 3. The number of anilines is 1. The summed E-state index contributed by atoms with van der Waals surface area (Å²) in [5.41, 5.74) is 2.70. The maximum atomic E-state index is 5.34. The Labute approximate surface area is 127 Å². The van der Waals surface area contributed by atoms with Crippen LogP contribution in [0.5, 0.6) is 0 Å². The van der Waals surface area contributed by atoms with Gasteiger partial charge in [-0.2, -0.15) is 4.98 Å². The van der Waals surface area contributed by atoms with Gasteiger partial charge in [-0.3, -0.25) is 0 Å². The molecule has 3 N–H and O–H groups in total. The lowest BCUT2D eigenvalue weighted by molar-refractivity contribution is 0.425. The number of piperidine rings is 1. The average Bonchev–Trinajstić information content (AvgIpc) is 3.17. The predicted molar refractivity (Wildman–Crippen MR) is 83.6 cm³/mol. The van der Waals surface area contributed by atoms with Crippen LogP contribution in [0.3, 0.4) is 0 Å². The van der Waals surface area contributed by atoms with Crippen LogP contribution in [0.2, 0.25) is 0 Å². The predicted octanol–water partition coefficient (Wildman–Crippen LogP) is 2.09. The fourth-order valence-electron chi connectivity index (χ4n) is 2.91. The molecular formula is C15H18N6O. The van der Waals surface area contributed by atoms with Gasteiger partial charge in [-0.25, -0.2) is 4.98 Å². The van der Waals surface area contributed by atoms with Gasteiger partial charge in [-0.1, -0.05) is 5.16 Å². The van der Waals surface area contributed by atoms with Gasteiger partial charge in [-0.05, 0) is 32.4 Å². The van der Waals surface area contributed by atoms with Gasteiger partial charge in [0.15, 0.2) is 5.82 Å². The van der Waals surface area contributed by atoms with Crippen molar-refractivity contribution in [2.75, 3.05) is 18.4 Å². The van der Waals surface area contributed by atoms with E-state index < -0.39 is 0 Å². The van der Waals surface area contributed by atoms with Crippen molar-refractivity contribution in [2.24, 2.45) is 0 Å². The van der Waals surface area contributed by atoms with Gasteiger partial charge < -0.3 is 20.1 Å². The van der Waals surface area contributed by atoms with E-state index >= 15 is 0 Å². The van der Waals surface area contributed by atoms with E-state index in [1.54, 1.807) is 6.20 Å². The van der Waals surface area contributed by atoms with Crippen molar-refractivity contribution in [2.45, 2.75) is 25.8 Å². The molecule has 4 rings (SSSR count). The summed E-state index contributed by atoms with van der Waals surface area (Å²) in [5.74, 6) is 1.12. The first-order valence-corrected chi connectivity index (χ1v) is 7.55. The Balaban J connectivity index is 1.79. The molecule has 7 nitrogen and oxygen atoms in total. The molecule has 0 saturated carbocycles. The Morgan fingerprint density at radius 2 is 2.36 bits per heavy atom. The summed E-state index contributed by atoms with van der Waals surface area (Å²) in [6.45, 7) is 3.85. The van der Waals surface area contributed by atoms with E-state index in [-0.39, 0.29) is 0 Å². The number of nitrogens with zero attached hydrogens (tertiary/aromatic N) is 3. The van der Waals surface area contributed by atoms with Crippen molar-refractivity contribution in [3.63, 3.8) is 0 Å². The molecule has 0 aromatic carbocycles. The van der Waals surface area contributed by atoms with Gasteiger partial charge in [0.2, 0.25) is 0 Å². The molecule has 4 heterocycles. The second-order valence-corrected chi connectivity index (χ2v) is 5.62. The Morgan fingerprint density at radius 1 is 1.41 bits per heavy atom. The molecule has 0 aliphatic carbocycles. The normalized spacial score (nSPS) is 18.7. The topological polar surface area (TPSA) is 91.7 Å². The number of hydrogen-bond acceptors (Lipinski definition) is 6. The van der Waals surface area contributed by atoms with Gasteiger partial charge >= 0.3 is 0 Å². The largest absolute Gasteiger partial charge is 0.380 e. The van der Waals surface area contributed by atoms with Gasteiger partial charge in [0.05, 0.1) is 11.3 Å². The average molecular weight is 298 g/mol. The standard InChI is InChI=1S/C15H18N6O/c1-9-19-15(22-21-9)12-8-18-14-11(4-6-17-14)13(12)20-10-3-2-5-16-7-10/h4,6,8,10,16H,2-3,5,7H2,1H3,(H2,17,18,20)/t10-/m1/s1. The number of aromatic amines is 1. The van der Waals surface area contributed by atoms with Crippen LogP contribution < -0.4 is 10.6 Å². The summed E-state index contributed by atoms with van der Waals surface area (Å²) in [7, 11) is 0. The van der Waals surface area contributed by atoms with Gasteiger partial charge in [-0.15, -0.1) is 0 Å². The second kappa shape index (κ2) is 5.42. The first-order chi connectivity index (χ1) is 10.8. The highest BCUT2D eigenvalue weighted by atomic mass is 16.5. The van der Waals surface area contributed by atoms with Crippen LogP contribution in [-0.4, -0.2) is 39.2 Å². The first-order valence-electron chi connectivity index (χ1n) is 7.55. The quantitative estimate of drug-likeness (QED) is 0.686. The summed E-state index contributed by atoms with van der Waals surface area (Å²) in [4.78, 5) is 11.9. The van der Waals surface area contributed by atoms with Crippen LogP contribution in [0.4, 0.5) is 5.69 Å². The molecule has 22 heavy (non-hydrogen) atoms. The highest BCUT2D eigenvalue weighted by molar-refractivity contribution is 5.97. The second-order valence-electron chi connectivity index (χ2n) is 5.62. The lowest BCUT2D eigenvalue weighted by Gasteiger charge is -2.25. The van der Waals surface area contributed by atoms with Crippen molar-refractivity contribution < 1.29 is 4.52 Å². The molecule has 0 radical (unpaired) electrons. The van der Waals surface area contributed by atoms with E-state index in [4.69, 9.17) is 4.52 Å². The fraction of sp³-hybridized carbons (Fsp3) is 0.400. The number of rotatable bonds is 3. The third-order valence-electron chi connectivity index (χ3n) is 3.99. The molecule has 3 aromatic rings. The van der Waals surface area contributed by atoms with E-state index in [0.29, 0.717) is 17.8 Å². The Morgan fingerprint density at radius 3 is 3.14 bits per heavy atom. The molecule has 3 aromatic heterocycles. The highest BCUT2D eigenvalue weighted by Gasteiger charge is 2.20. The van der Waals surface area contributed by atoms with E-state index in [1.807, 2.05) is 19.2 Å². The molecule has 1 aliphatic rings. The Bertz CT molecular complexity index is 786. The number of fused-ring (bicyclic) bond motifs is 1. The summed E-state index contributed by atoms with van der Waals surface area (Å²) >= 11 is 0. The molecular weight excluding hydrogens is 280 g/mol. The van der Waals surface area contributed by atoms with Crippen molar-refractivity contribution in [1.82, 2.24) is 25.4 Å². The molecule has 7 heteroatoms. The molecule has 1 atom stereocenters. The smallest absolute Gasteiger partial charge is 0.261 e. The lowest BCUT2D eigenvalue weighted by atomic mass is 10.1. The lowest BCUT2D eigenvalue weighted by Crippen LogP contribution is -2.38. The van der Waals surface area contributed by atoms with Crippen molar-refractivity contribution in [3.8, 4) is 11.5 Å². The van der Waals surface area contributed by atoms with E-state index in [1.165, 1.54) is 6.42 Å². The van der Waals surface area contributed by atoms with E-state index in [0.717, 1.165) is 41.8 Å². The zero-order valence-corrected chi connectivity index (χ0v) is 12.4. The third-order valence-corrected chi connectivity index (χ3v) is 3.99. The number of pyridine rings is 1. The third kappa shape index (κ3) is 2.33. The maximum Gasteiger partial charge on any atom is 0.261 e. The van der Waals surface area contributed by atoms with Gasteiger partial charge in [0.1, 0.15) is 5.65 Å². The minimum absolute atomic E-state index is 0.386. The summed E-state index contributed by atoms with van der Waals surface area (Å²) < 4.78 is 5.34. The molecule has 1 aliphatic heterocycles. The van der Waals surface area contributed by atoms with E-state index in [2.05, 4.69) is 30.7 Å². The molecule has 0 spiro atoms. The maximum absolute atomic E-state index is 5.34. The van der Waals surface area contributed by atoms with Crippen LogP contribution in [0.1, 0.15) is 18.7 Å². The van der Waals surface area contributed by atoms with Crippen molar-refractivity contribution >= 4 is 16.7 Å². The molecule has 114 valence electrons. The van der Waals surface area contributed by atoms with Crippen LogP contribution >= 0.6 is 0 Å². The highest BCUT2D eigenvalue weighted by Crippen LogP contribution is 2.33. The molecule has 0 unspecified atom stereocenters. The molecule has 0 bridgehead atoms. The van der Waals surface area contributed by atoms with Crippen molar-refractivity contribution in [1.29, 1.82) is 0 Å². The van der Waals surface area contributed by atoms with Crippen LogP contribution in [-0.2, 0) is 0 Å². The van der Waals surface area contributed by atoms with Crippen molar-refractivity contribution in [3.05, 3.63) is 24.3 Å². The molecule has 1 fully saturated rings. The number of aryl methyl sites for hydroxylation is 1. The van der Waals surface area contributed by atoms with Crippen LogP contribution in [0, 0.1) is 6.92 Å². The monoisotopic (exact) mass is 298 g/mol. The Kier molecular flexibility index (Phi) is 3.27. The summed E-state index contributed by atoms with van der Waals surface area (Å²) in [5, 5.41) is 12.0. The van der Waals surface area contributed by atoms with E-state index in [9.17, 15) is 0 Å². The summed E-state index contributed by atoms with van der Waals surface area (Å²) in [6.07, 6.45) is 5.99. The number of hydrogen-bond donors (Lipinski definition) is 3. The number of aromatic nitrogens is 4. The minimum Gasteiger partial charge on any atom is -0.380 e. The first kappa shape index (κ1) is 13.3. The van der Waals surface area contributed by atoms with Crippen LogP contribution in [0.15, 0.2) is 23.0 Å². The number of H-pyrrole nitrogens is 1. The van der Waals surface area contributed by atoms with Gasteiger partial charge in [0, 0.05) is 30.4 Å². The Hall–Kier alpha value is -2.41. The summed E-state index contributed by atoms with van der Waals surface area (Å²) in [6, 6.07) is 2.41. The zero-order chi connectivity index (χ0) is 14.9. The minimum atomic E-state index is 0.386.